The number of carbonyl (C=O) groups is 2. The number of amides is 2. The number of unbranched alkanes of at least 4 members (excludes halogenated alkanes) is 1. The van der Waals surface area contributed by atoms with Crippen molar-refractivity contribution in [3.63, 3.8) is 0 Å². The van der Waals surface area contributed by atoms with Crippen molar-refractivity contribution in [1.82, 2.24) is 14.8 Å². The van der Waals surface area contributed by atoms with Crippen molar-refractivity contribution < 1.29 is 14.3 Å². The zero-order chi connectivity index (χ0) is 18.2. The highest BCUT2D eigenvalue weighted by Crippen LogP contribution is 2.15. The Morgan fingerprint density at radius 1 is 1.20 bits per heavy atom. The summed E-state index contributed by atoms with van der Waals surface area (Å²) in [6, 6.07) is 3.59. The van der Waals surface area contributed by atoms with Gasteiger partial charge in [0.2, 0.25) is 0 Å². The summed E-state index contributed by atoms with van der Waals surface area (Å²) in [5.41, 5.74) is 0.637. The third kappa shape index (κ3) is 5.08. The van der Waals surface area contributed by atoms with Crippen LogP contribution in [0.5, 0.6) is 0 Å². The maximum Gasteiger partial charge on any atom is 0.409 e. The van der Waals surface area contributed by atoms with Crippen molar-refractivity contribution in [1.29, 1.82) is 0 Å². The molecule has 1 aliphatic heterocycles. The number of anilines is 1. The zero-order valence-corrected chi connectivity index (χ0v) is 15.4. The van der Waals surface area contributed by atoms with Crippen molar-refractivity contribution in [2.75, 3.05) is 51.3 Å². The molecule has 0 atom stereocenters. The van der Waals surface area contributed by atoms with Gasteiger partial charge in [-0.05, 0) is 25.5 Å². The van der Waals surface area contributed by atoms with Crippen LogP contribution in [0.4, 0.5) is 10.6 Å². The number of hydrogen-bond donors (Lipinski definition) is 0. The second-order valence-electron chi connectivity index (χ2n) is 6.16. The van der Waals surface area contributed by atoms with Gasteiger partial charge in [-0.15, -0.1) is 0 Å². The van der Waals surface area contributed by atoms with Gasteiger partial charge in [0, 0.05) is 51.5 Å². The molecule has 0 N–H and O–H groups in total. The largest absolute Gasteiger partial charge is 0.450 e. The van der Waals surface area contributed by atoms with Crippen LogP contribution in [-0.2, 0) is 4.74 Å². The summed E-state index contributed by atoms with van der Waals surface area (Å²) in [6.45, 7) is 7.25. The number of rotatable bonds is 6. The Hall–Kier alpha value is -2.31. The van der Waals surface area contributed by atoms with Gasteiger partial charge >= 0.3 is 6.09 Å². The first-order chi connectivity index (χ1) is 12.1. The lowest BCUT2D eigenvalue weighted by atomic mass is 10.2. The van der Waals surface area contributed by atoms with Gasteiger partial charge in [-0.25, -0.2) is 9.78 Å². The van der Waals surface area contributed by atoms with E-state index in [1.807, 2.05) is 13.1 Å². The molecule has 0 radical (unpaired) electrons. The van der Waals surface area contributed by atoms with E-state index < -0.39 is 0 Å². The maximum atomic E-state index is 12.7. The molecule has 7 nitrogen and oxygen atoms in total. The first-order valence-electron chi connectivity index (χ1n) is 8.95. The summed E-state index contributed by atoms with van der Waals surface area (Å²) in [5, 5.41) is 0. The Labute approximate surface area is 149 Å². The van der Waals surface area contributed by atoms with Crippen molar-refractivity contribution in [2.45, 2.75) is 26.7 Å². The molecule has 0 saturated carbocycles. The quantitative estimate of drug-likeness (QED) is 0.789. The molecule has 1 aromatic heterocycles. The Morgan fingerprint density at radius 2 is 1.88 bits per heavy atom. The normalized spacial score (nSPS) is 14.4. The van der Waals surface area contributed by atoms with Crippen molar-refractivity contribution in [2.24, 2.45) is 0 Å². The first kappa shape index (κ1) is 19.0. The summed E-state index contributed by atoms with van der Waals surface area (Å²) in [6.07, 6.45) is 3.58. The van der Waals surface area contributed by atoms with Crippen LogP contribution in [0.1, 0.15) is 37.0 Å². The fourth-order valence-electron chi connectivity index (χ4n) is 2.76. The van der Waals surface area contributed by atoms with Gasteiger partial charge in [0.15, 0.2) is 0 Å². The van der Waals surface area contributed by atoms with Crippen LogP contribution in [0.25, 0.3) is 0 Å². The number of ether oxygens (including phenoxy) is 1. The average Bonchev–Trinajstić information content (AvgIpc) is 2.66. The summed E-state index contributed by atoms with van der Waals surface area (Å²) in [4.78, 5) is 34.3. The van der Waals surface area contributed by atoms with E-state index in [9.17, 15) is 9.59 Å². The molecule has 1 aromatic rings. The standard InChI is InChI=1S/C18H28N4O3/c1-4-6-9-20(3)16-14-15(7-8-19-16)17(23)21-10-12-22(13-11-21)18(24)25-5-2/h7-8,14H,4-6,9-13H2,1-3H3. The van der Waals surface area contributed by atoms with E-state index in [1.165, 1.54) is 0 Å². The third-order valence-corrected chi connectivity index (χ3v) is 4.32. The van der Waals surface area contributed by atoms with Gasteiger partial charge in [-0.1, -0.05) is 13.3 Å². The minimum absolute atomic E-state index is 0.0175. The van der Waals surface area contributed by atoms with Crippen LogP contribution in [0.15, 0.2) is 18.3 Å². The molecule has 0 unspecified atom stereocenters. The fraction of sp³-hybridized carbons (Fsp3) is 0.611. The summed E-state index contributed by atoms with van der Waals surface area (Å²) in [7, 11) is 1.99. The molecule has 0 spiro atoms. The van der Waals surface area contributed by atoms with Gasteiger partial charge in [0.05, 0.1) is 6.61 Å². The molecule has 7 heteroatoms. The Morgan fingerprint density at radius 3 is 2.52 bits per heavy atom. The van der Waals surface area contributed by atoms with Crippen molar-refractivity contribution in [3.05, 3.63) is 23.9 Å². The van der Waals surface area contributed by atoms with E-state index in [0.717, 1.165) is 25.2 Å². The number of pyridine rings is 1. The average molecular weight is 348 g/mol. The van der Waals surface area contributed by atoms with Gasteiger partial charge < -0.3 is 19.4 Å². The minimum Gasteiger partial charge on any atom is -0.450 e. The molecule has 2 heterocycles. The fourth-order valence-corrected chi connectivity index (χ4v) is 2.76. The topological polar surface area (TPSA) is 66.0 Å². The molecule has 138 valence electrons. The summed E-state index contributed by atoms with van der Waals surface area (Å²) < 4.78 is 5.01. The highest BCUT2D eigenvalue weighted by atomic mass is 16.6. The lowest BCUT2D eigenvalue weighted by Gasteiger charge is -2.34. The van der Waals surface area contributed by atoms with Crippen LogP contribution in [0.3, 0.4) is 0 Å². The number of aromatic nitrogens is 1. The molecule has 1 saturated heterocycles. The van der Waals surface area contributed by atoms with Gasteiger partial charge in [-0.2, -0.15) is 0 Å². The smallest absolute Gasteiger partial charge is 0.409 e. The first-order valence-corrected chi connectivity index (χ1v) is 8.95. The van der Waals surface area contributed by atoms with Crippen LogP contribution in [-0.4, -0.2) is 73.2 Å². The van der Waals surface area contributed by atoms with E-state index >= 15 is 0 Å². The second kappa shape index (κ2) is 9.25. The molecular weight excluding hydrogens is 320 g/mol. The van der Waals surface area contributed by atoms with Crippen LogP contribution in [0.2, 0.25) is 0 Å². The third-order valence-electron chi connectivity index (χ3n) is 4.32. The highest BCUT2D eigenvalue weighted by molar-refractivity contribution is 5.95. The van der Waals surface area contributed by atoms with E-state index in [4.69, 9.17) is 4.74 Å². The number of carbonyl (C=O) groups excluding carboxylic acids is 2. The molecule has 0 bridgehead atoms. The lowest BCUT2D eigenvalue weighted by molar-refractivity contribution is 0.0570. The van der Waals surface area contributed by atoms with Crippen molar-refractivity contribution in [3.8, 4) is 0 Å². The monoisotopic (exact) mass is 348 g/mol. The van der Waals surface area contributed by atoms with Gasteiger partial charge in [0.1, 0.15) is 5.82 Å². The van der Waals surface area contributed by atoms with E-state index in [0.29, 0.717) is 38.3 Å². The lowest BCUT2D eigenvalue weighted by Crippen LogP contribution is -2.50. The Balaban J connectivity index is 1.96. The minimum atomic E-state index is -0.307. The van der Waals surface area contributed by atoms with Gasteiger partial charge in [0.25, 0.3) is 5.91 Å². The van der Waals surface area contributed by atoms with Crippen LogP contribution in [0, 0.1) is 0 Å². The predicted octanol–water partition coefficient (Wildman–Crippen LogP) is 2.23. The zero-order valence-electron chi connectivity index (χ0n) is 15.4. The van der Waals surface area contributed by atoms with E-state index in [2.05, 4.69) is 16.8 Å². The number of hydrogen-bond acceptors (Lipinski definition) is 5. The maximum absolute atomic E-state index is 12.7. The molecule has 1 fully saturated rings. The summed E-state index contributed by atoms with van der Waals surface area (Å²) >= 11 is 0. The Bertz CT molecular complexity index is 585. The van der Waals surface area contributed by atoms with Crippen LogP contribution >= 0.6 is 0 Å². The van der Waals surface area contributed by atoms with Crippen molar-refractivity contribution >= 4 is 17.8 Å². The van der Waals surface area contributed by atoms with Gasteiger partial charge in [-0.3, -0.25) is 4.79 Å². The molecule has 2 amide bonds. The summed E-state index contributed by atoms with van der Waals surface area (Å²) in [5.74, 6) is 0.792. The number of piperazine rings is 1. The van der Waals surface area contributed by atoms with E-state index in [1.54, 1.807) is 29.0 Å². The molecular formula is C18H28N4O3. The number of nitrogens with zero attached hydrogens (tertiary/aromatic N) is 4. The second-order valence-corrected chi connectivity index (χ2v) is 6.16. The van der Waals surface area contributed by atoms with E-state index in [-0.39, 0.29) is 12.0 Å². The molecule has 25 heavy (non-hydrogen) atoms. The molecule has 2 rings (SSSR count). The Kier molecular flexibility index (Phi) is 7.03. The molecule has 0 aromatic carbocycles. The predicted molar refractivity (Wildman–Crippen MR) is 96.9 cm³/mol. The molecule has 0 aliphatic carbocycles. The van der Waals surface area contributed by atoms with Crippen LogP contribution < -0.4 is 4.90 Å². The highest BCUT2D eigenvalue weighted by Gasteiger charge is 2.25. The molecule has 1 aliphatic rings. The SMILES string of the molecule is CCCCN(C)c1cc(C(=O)N2CCN(C(=O)OCC)CC2)ccn1.